The van der Waals surface area contributed by atoms with Gasteiger partial charge in [-0.3, -0.25) is 0 Å². The molecule has 162 valence electrons. The lowest BCUT2D eigenvalue weighted by molar-refractivity contribution is -0.0411. The molecular weight excluding hydrogens is 380 g/mol. The van der Waals surface area contributed by atoms with E-state index in [1.165, 1.54) is 0 Å². The van der Waals surface area contributed by atoms with Gasteiger partial charge in [-0.15, -0.1) is 0 Å². The van der Waals surface area contributed by atoms with Crippen molar-refractivity contribution in [2.75, 3.05) is 33.9 Å². The maximum absolute atomic E-state index is 10.4. The number of hydrogen-bond donors (Lipinski definition) is 3. The third-order valence-electron chi connectivity index (χ3n) is 6.23. The van der Waals surface area contributed by atoms with Crippen molar-refractivity contribution in [1.82, 2.24) is 10.3 Å². The maximum Gasteiger partial charge on any atom is 0.129 e. The van der Waals surface area contributed by atoms with Gasteiger partial charge in [-0.2, -0.15) is 0 Å². The molecule has 0 spiro atoms. The molecule has 4 atom stereocenters. The molecule has 1 fully saturated rings. The number of ether oxygens (including phenoxy) is 3. The summed E-state index contributed by atoms with van der Waals surface area (Å²) in [5, 5.41) is 16.0. The predicted molar refractivity (Wildman–Crippen MR) is 119 cm³/mol. The molecule has 0 amide bonds. The highest BCUT2D eigenvalue weighted by atomic mass is 16.5. The SMILES string of the molecule is COC1CCC(CNCC(O)COc2cccc3[nH]c4ccccc4c23)[C@@H](OC)C1. The van der Waals surface area contributed by atoms with Crippen molar-refractivity contribution in [3.63, 3.8) is 0 Å². The average Bonchev–Trinajstić information content (AvgIpc) is 3.17. The van der Waals surface area contributed by atoms with Gasteiger partial charge in [-0.1, -0.05) is 24.3 Å². The summed E-state index contributed by atoms with van der Waals surface area (Å²) >= 11 is 0. The minimum Gasteiger partial charge on any atom is -0.490 e. The first-order chi connectivity index (χ1) is 14.7. The molecular formula is C24H32N2O4. The zero-order valence-electron chi connectivity index (χ0n) is 17.8. The molecule has 3 aromatic rings. The van der Waals surface area contributed by atoms with Crippen LogP contribution in [0.2, 0.25) is 0 Å². The normalized spacial score (nSPS) is 23.1. The van der Waals surface area contributed by atoms with Crippen molar-refractivity contribution in [1.29, 1.82) is 0 Å². The van der Waals surface area contributed by atoms with Gasteiger partial charge in [-0.25, -0.2) is 0 Å². The summed E-state index contributed by atoms with van der Waals surface area (Å²) < 4.78 is 17.1. The van der Waals surface area contributed by atoms with E-state index in [1.54, 1.807) is 14.2 Å². The molecule has 1 saturated carbocycles. The number of para-hydroxylation sites is 1. The van der Waals surface area contributed by atoms with Crippen molar-refractivity contribution < 1.29 is 19.3 Å². The fourth-order valence-electron chi connectivity index (χ4n) is 4.56. The number of aliphatic hydroxyl groups excluding tert-OH is 1. The van der Waals surface area contributed by atoms with Crippen LogP contribution < -0.4 is 10.1 Å². The van der Waals surface area contributed by atoms with E-state index >= 15 is 0 Å². The number of H-pyrrole nitrogens is 1. The summed E-state index contributed by atoms with van der Waals surface area (Å²) in [6, 6.07) is 14.2. The van der Waals surface area contributed by atoms with Gasteiger partial charge >= 0.3 is 0 Å². The number of aromatic amines is 1. The molecule has 6 heteroatoms. The van der Waals surface area contributed by atoms with E-state index < -0.39 is 6.10 Å². The van der Waals surface area contributed by atoms with Gasteiger partial charge in [0.2, 0.25) is 0 Å². The van der Waals surface area contributed by atoms with Crippen molar-refractivity contribution in [2.24, 2.45) is 5.92 Å². The Hall–Kier alpha value is -2.12. The first-order valence-electron chi connectivity index (χ1n) is 10.8. The Morgan fingerprint density at radius 1 is 1.07 bits per heavy atom. The van der Waals surface area contributed by atoms with Gasteiger partial charge in [-0.05, 0) is 37.0 Å². The zero-order valence-corrected chi connectivity index (χ0v) is 17.8. The maximum atomic E-state index is 10.4. The quantitative estimate of drug-likeness (QED) is 0.502. The number of nitrogens with one attached hydrogen (secondary N) is 2. The second-order valence-corrected chi connectivity index (χ2v) is 8.18. The molecule has 30 heavy (non-hydrogen) atoms. The monoisotopic (exact) mass is 412 g/mol. The highest BCUT2D eigenvalue weighted by Gasteiger charge is 2.30. The molecule has 6 nitrogen and oxygen atoms in total. The third-order valence-corrected chi connectivity index (χ3v) is 6.23. The smallest absolute Gasteiger partial charge is 0.129 e. The van der Waals surface area contributed by atoms with Gasteiger partial charge in [0.15, 0.2) is 0 Å². The van der Waals surface area contributed by atoms with Crippen LogP contribution in [0.25, 0.3) is 21.8 Å². The van der Waals surface area contributed by atoms with E-state index in [0.29, 0.717) is 12.5 Å². The topological polar surface area (TPSA) is 75.7 Å². The van der Waals surface area contributed by atoms with Crippen molar-refractivity contribution >= 4 is 21.8 Å². The lowest BCUT2D eigenvalue weighted by atomic mass is 9.84. The van der Waals surface area contributed by atoms with Crippen LogP contribution in [0.15, 0.2) is 42.5 Å². The van der Waals surface area contributed by atoms with E-state index in [4.69, 9.17) is 14.2 Å². The van der Waals surface area contributed by atoms with Crippen molar-refractivity contribution in [3.8, 4) is 5.75 Å². The first kappa shape index (κ1) is 21.1. The number of aromatic nitrogens is 1. The van der Waals surface area contributed by atoms with Crippen LogP contribution in [0.3, 0.4) is 0 Å². The number of rotatable bonds is 9. The van der Waals surface area contributed by atoms with Gasteiger partial charge in [0, 0.05) is 50.0 Å². The highest BCUT2D eigenvalue weighted by Crippen LogP contribution is 2.33. The van der Waals surface area contributed by atoms with Crippen LogP contribution in [-0.4, -0.2) is 62.3 Å². The van der Waals surface area contributed by atoms with Gasteiger partial charge in [0.1, 0.15) is 18.5 Å². The van der Waals surface area contributed by atoms with Crippen molar-refractivity contribution in [3.05, 3.63) is 42.5 Å². The lowest BCUT2D eigenvalue weighted by Crippen LogP contribution is -2.42. The van der Waals surface area contributed by atoms with E-state index in [1.807, 2.05) is 30.3 Å². The molecule has 2 aromatic carbocycles. The van der Waals surface area contributed by atoms with E-state index in [2.05, 4.69) is 22.4 Å². The second kappa shape index (κ2) is 9.79. The number of methoxy groups -OCH3 is 2. The molecule has 1 aromatic heterocycles. The van der Waals surface area contributed by atoms with E-state index in [0.717, 1.165) is 53.4 Å². The molecule has 0 saturated heterocycles. The highest BCUT2D eigenvalue weighted by molar-refractivity contribution is 6.10. The van der Waals surface area contributed by atoms with E-state index in [9.17, 15) is 5.11 Å². The number of hydrogen-bond acceptors (Lipinski definition) is 5. The fourth-order valence-corrected chi connectivity index (χ4v) is 4.56. The Morgan fingerprint density at radius 3 is 2.73 bits per heavy atom. The molecule has 1 aliphatic carbocycles. The largest absolute Gasteiger partial charge is 0.490 e. The number of benzene rings is 2. The molecule has 3 N–H and O–H groups in total. The Morgan fingerprint density at radius 2 is 1.90 bits per heavy atom. The summed E-state index contributed by atoms with van der Waals surface area (Å²) in [7, 11) is 3.53. The van der Waals surface area contributed by atoms with E-state index in [-0.39, 0.29) is 18.8 Å². The van der Waals surface area contributed by atoms with Gasteiger partial charge < -0.3 is 29.6 Å². The molecule has 0 aliphatic heterocycles. The lowest BCUT2D eigenvalue weighted by Gasteiger charge is -2.35. The third kappa shape index (κ3) is 4.62. The minimum atomic E-state index is -0.582. The standard InChI is InChI=1S/C24H32N2O4/c1-28-18-11-10-16(23(12-18)29-2)13-25-14-17(27)15-30-22-9-5-8-21-24(22)19-6-3-4-7-20(19)26-21/h3-9,16-18,23,25-27H,10-15H2,1-2H3/t16?,17?,18?,23-/m0/s1. The molecule has 1 aliphatic rings. The Bertz CT molecular complexity index is 957. The van der Waals surface area contributed by atoms with Crippen LogP contribution >= 0.6 is 0 Å². The summed E-state index contributed by atoms with van der Waals surface area (Å²) in [5.74, 6) is 1.23. The Labute approximate surface area is 177 Å². The zero-order chi connectivity index (χ0) is 20.9. The molecule has 1 heterocycles. The minimum absolute atomic E-state index is 0.198. The summed E-state index contributed by atoms with van der Waals surface area (Å²) in [4.78, 5) is 3.42. The molecule has 3 unspecified atom stereocenters. The van der Waals surface area contributed by atoms with Crippen LogP contribution in [-0.2, 0) is 9.47 Å². The van der Waals surface area contributed by atoms with Gasteiger partial charge in [0.05, 0.1) is 17.7 Å². The van der Waals surface area contributed by atoms with Crippen LogP contribution in [0, 0.1) is 5.92 Å². The number of fused-ring (bicyclic) bond motifs is 3. The second-order valence-electron chi connectivity index (χ2n) is 8.18. The number of aliphatic hydroxyl groups is 1. The van der Waals surface area contributed by atoms with Crippen molar-refractivity contribution in [2.45, 2.75) is 37.6 Å². The fraction of sp³-hybridized carbons (Fsp3) is 0.500. The molecule has 0 bridgehead atoms. The Balaban J connectivity index is 1.30. The van der Waals surface area contributed by atoms with Crippen LogP contribution in [0.1, 0.15) is 19.3 Å². The van der Waals surface area contributed by atoms with Gasteiger partial charge in [0.25, 0.3) is 0 Å². The first-order valence-corrected chi connectivity index (χ1v) is 10.8. The predicted octanol–water partition coefficient (Wildman–Crippen LogP) is 3.48. The Kier molecular flexibility index (Phi) is 6.89. The molecule has 4 rings (SSSR count). The summed E-state index contributed by atoms with van der Waals surface area (Å²) in [6.45, 7) is 1.56. The summed E-state index contributed by atoms with van der Waals surface area (Å²) in [5.41, 5.74) is 2.13. The summed E-state index contributed by atoms with van der Waals surface area (Å²) in [6.07, 6.45) is 2.96. The molecule has 0 radical (unpaired) electrons. The average molecular weight is 413 g/mol. The van der Waals surface area contributed by atoms with Crippen LogP contribution in [0.4, 0.5) is 0 Å². The van der Waals surface area contributed by atoms with Crippen LogP contribution in [0.5, 0.6) is 5.75 Å².